The van der Waals surface area contributed by atoms with Crippen LogP contribution < -0.4 is 4.74 Å². The third-order valence-corrected chi connectivity index (χ3v) is 4.86. The molecular formula is C24H29N3O5. The van der Waals surface area contributed by atoms with Crippen LogP contribution in [0.4, 0.5) is 0 Å². The molecule has 2 heterocycles. The number of H-pyrrole nitrogens is 1. The zero-order chi connectivity index (χ0) is 23.8. The SMILES string of the molecule is [2H]C(c1ccccc1OCCCCCC(=O)O)N(C(=O)c1cc(-c2ccco2)[nH]n1)C(C)C. The average molecular weight is 441 g/mol. The number of aromatic nitrogens is 2. The third kappa shape index (κ3) is 6.23. The van der Waals surface area contributed by atoms with Gasteiger partial charge in [0.05, 0.1) is 14.2 Å². The molecule has 0 spiro atoms. The highest BCUT2D eigenvalue weighted by Crippen LogP contribution is 2.24. The van der Waals surface area contributed by atoms with Gasteiger partial charge in [-0.05, 0) is 51.3 Å². The fourth-order valence-corrected chi connectivity index (χ4v) is 3.17. The smallest absolute Gasteiger partial charge is 0.303 e. The number of amides is 1. The number of unbranched alkanes of at least 4 members (excludes halogenated alkanes) is 2. The van der Waals surface area contributed by atoms with Gasteiger partial charge in [0.2, 0.25) is 0 Å². The van der Waals surface area contributed by atoms with Gasteiger partial charge in [0.1, 0.15) is 11.4 Å². The summed E-state index contributed by atoms with van der Waals surface area (Å²) < 4.78 is 20.1. The van der Waals surface area contributed by atoms with E-state index in [-0.39, 0.29) is 24.1 Å². The van der Waals surface area contributed by atoms with Crippen molar-refractivity contribution >= 4 is 11.9 Å². The largest absolute Gasteiger partial charge is 0.493 e. The lowest BCUT2D eigenvalue weighted by Crippen LogP contribution is -2.36. The van der Waals surface area contributed by atoms with Crippen LogP contribution in [-0.2, 0) is 11.3 Å². The van der Waals surface area contributed by atoms with Crippen LogP contribution in [0.3, 0.4) is 0 Å². The average Bonchev–Trinajstić information content (AvgIpc) is 3.48. The number of nitrogens with zero attached hydrogens (tertiary/aromatic N) is 2. The number of aliphatic carboxylic acids is 1. The second-order valence-electron chi connectivity index (χ2n) is 7.67. The van der Waals surface area contributed by atoms with Crippen molar-refractivity contribution in [3.05, 3.63) is 60.0 Å². The van der Waals surface area contributed by atoms with E-state index in [2.05, 4.69) is 10.2 Å². The summed E-state index contributed by atoms with van der Waals surface area (Å²) in [5.74, 6) is -0.0675. The quantitative estimate of drug-likeness (QED) is 0.394. The van der Waals surface area contributed by atoms with Crippen LogP contribution in [0.15, 0.2) is 53.1 Å². The van der Waals surface area contributed by atoms with Crippen LogP contribution in [0.5, 0.6) is 5.75 Å². The Kier molecular flexibility index (Phi) is 7.57. The minimum absolute atomic E-state index is 0.145. The van der Waals surface area contributed by atoms with E-state index in [1.54, 1.807) is 36.6 Å². The Morgan fingerprint density at radius 3 is 2.75 bits per heavy atom. The maximum atomic E-state index is 13.3. The van der Waals surface area contributed by atoms with Gasteiger partial charge >= 0.3 is 5.97 Å². The molecular weight excluding hydrogens is 410 g/mol. The molecule has 1 atom stereocenters. The first-order valence-electron chi connectivity index (χ1n) is 11.2. The number of carbonyl (C=O) groups is 2. The monoisotopic (exact) mass is 440 g/mol. The number of para-hydroxylation sites is 1. The Labute approximate surface area is 188 Å². The normalized spacial score (nSPS) is 12.4. The van der Waals surface area contributed by atoms with E-state index in [0.717, 1.165) is 6.42 Å². The number of carboxylic acid groups (broad SMARTS) is 1. The number of hydrogen-bond acceptors (Lipinski definition) is 5. The van der Waals surface area contributed by atoms with Crippen molar-refractivity contribution in [3.8, 4) is 17.2 Å². The molecule has 0 aliphatic carbocycles. The predicted molar refractivity (Wildman–Crippen MR) is 119 cm³/mol. The van der Waals surface area contributed by atoms with Crippen molar-refractivity contribution in [2.45, 2.75) is 52.1 Å². The van der Waals surface area contributed by atoms with E-state index in [0.29, 0.717) is 42.2 Å². The summed E-state index contributed by atoms with van der Waals surface area (Å²) in [5, 5.41) is 15.7. The van der Waals surface area contributed by atoms with Crippen LogP contribution in [-0.4, -0.2) is 44.7 Å². The highest BCUT2D eigenvalue weighted by Gasteiger charge is 2.23. The highest BCUT2D eigenvalue weighted by molar-refractivity contribution is 5.93. The molecule has 8 heteroatoms. The molecule has 32 heavy (non-hydrogen) atoms. The van der Waals surface area contributed by atoms with Crippen LogP contribution >= 0.6 is 0 Å². The Balaban J connectivity index is 1.71. The number of ether oxygens (including phenoxy) is 1. The Morgan fingerprint density at radius 1 is 1.22 bits per heavy atom. The molecule has 0 aliphatic heterocycles. The molecule has 1 aromatic carbocycles. The minimum Gasteiger partial charge on any atom is -0.493 e. The molecule has 3 rings (SSSR count). The molecule has 8 nitrogen and oxygen atoms in total. The number of carboxylic acids is 1. The van der Waals surface area contributed by atoms with Gasteiger partial charge in [0, 0.05) is 30.6 Å². The molecule has 1 unspecified atom stereocenters. The fraction of sp³-hybridized carbons (Fsp3) is 0.375. The van der Waals surface area contributed by atoms with Crippen molar-refractivity contribution in [2.75, 3.05) is 6.61 Å². The predicted octanol–water partition coefficient (Wildman–Crippen LogP) is 4.74. The van der Waals surface area contributed by atoms with Crippen molar-refractivity contribution < 1.29 is 25.2 Å². The molecule has 0 radical (unpaired) electrons. The third-order valence-electron chi connectivity index (χ3n) is 4.86. The van der Waals surface area contributed by atoms with Crippen molar-refractivity contribution in [1.82, 2.24) is 15.1 Å². The van der Waals surface area contributed by atoms with E-state index < -0.39 is 12.5 Å². The molecule has 0 aliphatic rings. The van der Waals surface area contributed by atoms with E-state index in [1.807, 2.05) is 26.0 Å². The Hall–Kier alpha value is -3.55. The summed E-state index contributed by atoms with van der Waals surface area (Å²) in [7, 11) is 0. The number of hydrogen-bond donors (Lipinski definition) is 2. The molecule has 1 amide bonds. The molecule has 0 bridgehead atoms. The number of carbonyl (C=O) groups excluding carboxylic acids is 1. The lowest BCUT2D eigenvalue weighted by Gasteiger charge is -2.27. The van der Waals surface area contributed by atoms with Crippen molar-refractivity contribution in [3.63, 3.8) is 0 Å². The zero-order valence-corrected chi connectivity index (χ0v) is 18.3. The van der Waals surface area contributed by atoms with Crippen molar-refractivity contribution in [1.29, 1.82) is 0 Å². The van der Waals surface area contributed by atoms with Gasteiger partial charge in [0.15, 0.2) is 11.5 Å². The van der Waals surface area contributed by atoms with E-state index >= 15 is 0 Å². The number of furan rings is 1. The van der Waals surface area contributed by atoms with E-state index in [1.165, 1.54) is 4.90 Å². The summed E-state index contributed by atoms with van der Waals surface area (Å²) in [4.78, 5) is 25.4. The molecule has 0 fully saturated rings. The van der Waals surface area contributed by atoms with Crippen LogP contribution in [0, 0.1) is 0 Å². The van der Waals surface area contributed by atoms with E-state index in [4.69, 9.17) is 15.6 Å². The summed E-state index contributed by atoms with van der Waals surface area (Å²) in [6.45, 7) is 3.12. The number of rotatable bonds is 12. The number of aromatic amines is 1. The summed E-state index contributed by atoms with van der Waals surface area (Å²) in [5.41, 5.74) is 1.36. The Morgan fingerprint density at radius 2 is 2.03 bits per heavy atom. The summed E-state index contributed by atoms with van der Waals surface area (Å²) >= 11 is 0. The number of nitrogens with one attached hydrogen (secondary N) is 1. The standard InChI is InChI=1S/C24H29N3O5/c1-17(2)27(24(30)20-15-19(25-26-20)22-11-8-14-32-22)16-18-9-5-6-10-21(18)31-13-7-3-4-12-23(28)29/h5-6,8-11,14-15,17H,3-4,7,12-13,16H2,1-2H3,(H,25,26)(H,28,29)/i16D. The molecule has 2 N–H and O–H groups in total. The van der Waals surface area contributed by atoms with Crippen LogP contribution in [0.1, 0.15) is 57.0 Å². The summed E-state index contributed by atoms with van der Waals surface area (Å²) in [6.07, 6.45) is 3.74. The highest BCUT2D eigenvalue weighted by atomic mass is 16.5. The maximum Gasteiger partial charge on any atom is 0.303 e. The molecule has 3 aromatic rings. The van der Waals surface area contributed by atoms with Gasteiger partial charge in [-0.2, -0.15) is 5.10 Å². The molecule has 0 saturated carbocycles. The maximum absolute atomic E-state index is 13.3. The van der Waals surface area contributed by atoms with Gasteiger partial charge < -0.3 is 19.2 Å². The minimum atomic E-state index is -0.996. The van der Waals surface area contributed by atoms with E-state index in [9.17, 15) is 9.59 Å². The summed E-state index contributed by atoms with van der Waals surface area (Å²) in [6, 6.07) is 12.1. The number of benzene rings is 1. The van der Waals surface area contributed by atoms with Gasteiger partial charge in [-0.3, -0.25) is 14.7 Å². The second kappa shape index (κ2) is 11.2. The lowest BCUT2D eigenvalue weighted by molar-refractivity contribution is -0.137. The zero-order valence-electron chi connectivity index (χ0n) is 19.3. The first-order valence-corrected chi connectivity index (χ1v) is 10.7. The first kappa shape index (κ1) is 21.7. The molecule has 0 saturated heterocycles. The second-order valence-corrected chi connectivity index (χ2v) is 7.67. The van der Waals surface area contributed by atoms with Crippen LogP contribution in [0.25, 0.3) is 11.5 Å². The first-order chi connectivity index (χ1) is 15.9. The lowest BCUT2D eigenvalue weighted by atomic mass is 10.1. The van der Waals surface area contributed by atoms with Gasteiger partial charge in [0.25, 0.3) is 5.91 Å². The molecule has 170 valence electrons. The molecule has 2 aromatic heterocycles. The van der Waals surface area contributed by atoms with Gasteiger partial charge in [-0.15, -0.1) is 0 Å². The van der Waals surface area contributed by atoms with Gasteiger partial charge in [-0.1, -0.05) is 18.2 Å². The van der Waals surface area contributed by atoms with Crippen LogP contribution in [0.2, 0.25) is 0 Å². The van der Waals surface area contributed by atoms with Gasteiger partial charge in [-0.25, -0.2) is 0 Å². The van der Waals surface area contributed by atoms with Crippen molar-refractivity contribution in [2.24, 2.45) is 0 Å². The fourth-order valence-electron chi connectivity index (χ4n) is 3.17. The Bertz CT molecular complexity index is 1050. The topological polar surface area (TPSA) is 109 Å².